The van der Waals surface area contributed by atoms with Crippen molar-refractivity contribution in [2.45, 2.75) is 25.9 Å². The van der Waals surface area contributed by atoms with Crippen LogP contribution in [-0.2, 0) is 4.74 Å². The summed E-state index contributed by atoms with van der Waals surface area (Å²) in [6.45, 7) is 4.04. The first kappa shape index (κ1) is 16.5. The molecule has 0 aliphatic carbocycles. The first-order valence-electron chi connectivity index (χ1n) is 8.35. The topological polar surface area (TPSA) is 51.7 Å². The zero-order valence-electron chi connectivity index (χ0n) is 13.9. The first-order valence-corrected chi connectivity index (χ1v) is 8.35. The van der Waals surface area contributed by atoms with Crippen LogP contribution in [0.3, 0.4) is 0 Å². The molecule has 1 saturated heterocycles. The molecule has 2 heterocycles. The maximum atomic E-state index is 12.9. The minimum absolute atomic E-state index is 0.0149. The summed E-state index contributed by atoms with van der Waals surface area (Å²) in [4.78, 5) is 18.8. The van der Waals surface area contributed by atoms with Gasteiger partial charge in [-0.05, 0) is 44.0 Å². The molecular weight excluding hydrogens is 304 g/mol. The van der Waals surface area contributed by atoms with E-state index in [1.807, 2.05) is 36.1 Å². The maximum absolute atomic E-state index is 12.9. The summed E-state index contributed by atoms with van der Waals surface area (Å²) in [5.74, 6) is 1.15. The van der Waals surface area contributed by atoms with Gasteiger partial charge < -0.3 is 14.4 Å². The Morgan fingerprint density at radius 1 is 1.29 bits per heavy atom. The molecule has 1 fully saturated rings. The van der Waals surface area contributed by atoms with E-state index in [1.165, 1.54) is 0 Å². The van der Waals surface area contributed by atoms with Gasteiger partial charge in [-0.1, -0.05) is 12.1 Å². The zero-order valence-corrected chi connectivity index (χ0v) is 13.9. The predicted molar refractivity (Wildman–Crippen MR) is 91.3 cm³/mol. The van der Waals surface area contributed by atoms with Crippen LogP contribution in [0.2, 0.25) is 0 Å². The SMILES string of the molecule is CCOC1CCCN(C(=O)c2ccccc2Oc2cccnc2)C1. The van der Waals surface area contributed by atoms with Crippen molar-refractivity contribution in [2.75, 3.05) is 19.7 Å². The van der Waals surface area contributed by atoms with E-state index in [9.17, 15) is 4.79 Å². The summed E-state index contributed by atoms with van der Waals surface area (Å²) in [5.41, 5.74) is 0.568. The third-order valence-electron chi connectivity index (χ3n) is 4.05. The molecule has 126 valence electrons. The predicted octanol–water partition coefficient (Wildman–Crippen LogP) is 3.52. The van der Waals surface area contributed by atoms with E-state index in [0.29, 0.717) is 30.2 Å². The van der Waals surface area contributed by atoms with Crippen LogP contribution < -0.4 is 4.74 Å². The van der Waals surface area contributed by atoms with E-state index in [4.69, 9.17) is 9.47 Å². The van der Waals surface area contributed by atoms with E-state index in [0.717, 1.165) is 19.4 Å². The van der Waals surface area contributed by atoms with Gasteiger partial charge in [0.2, 0.25) is 0 Å². The highest BCUT2D eigenvalue weighted by molar-refractivity contribution is 5.97. The lowest BCUT2D eigenvalue weighted by Crippen LogP contribution is -2.43. The first-order chi connectivity index (χ1) is 11.8. The molecule has 1 aromatic carbocycles. The van der Waals surface area contributed by atoms with Crippen LogP contribution in [0.15, 0.2) is 48.8 Å². The number of likely N-dealkylation sites (tertiary alicyclic amines) is 1. The summed E-state index contributed by atoms with van der Waals surface area (Å²) in [7, 11) is 0. The number of hydrogen-bond acceptors (Lipinski definition) is 4. The number of amides is 1. The van der Waals surface area contributed by atoms with Crippen molar-refractivity contribution in [3.63, 3.8) is 0 Å². The second-order valence-electron chi connectivity index (χ2n) is 5.76. The molecule has 0 N–H and O–H groups in total. The van der Waals surface area contributed by atoms with E-state index in [-0.39, 0.29) is 12.0 Å². The van der Waals surface area contributed by atoms with Crippen LogP contribution >= 0.6 is 0 Å². The molecule has 1 aliphatic heterocycles. The molecule has 1 aromatic heterocycles. The van der Waals surface area contributed by atoms with Gasteiger partial charge >= 0.3 is 0 Å². The summed E-state index contributed by atoms with van der Waals surface area (Å²) in [6.07, 6.45) is 5.41. The van der Waals surface area contributed by atoms with Crippen molar-refractivity contribution in [2.24, 2.45) is 0 Å². The van der Waals surface area contributed by atoms with Crippen LogP contribution in [0.25, 0.3) is 0 Å². The molecule has 0 saturated carbocycles. The van der Waals surface area contributed by atoms with Gasteiger partial charge in [-0.25, -0.2) is 0 Å². The molecule has 2 aromatic rings. The Bertz CT molecular complexity index is 673. The number of para-hydroxylation sites is 1. The molecule has 1 amide bonds. The highest BCUT2D eigenvalue weighted by Gasteiger charge is 2.26. The zero-order chi connectivity index (χ0) is 16.8. The minimum Gasteiger partial charge on any atom is -0.455 e. The van der Waals surface area contributed by atoms with E-state index in [2.05, 4.69) is 4.98 Å². The lowest BCUT2D eigenvalue weighted by atomic mass is 10.1. The van der Waals surface area contributed by atoms with Gasteiger partial charge in [-0.3, -0.25) is 9.78 Å². The largest absolute Gasteiger partial charge is 0.455 e. The van der Waals surface area contributed by atoms with Crippen molar-refractivity contribution in [1.29, 1.82) is 0 Å². The summed E-state index contributed by atoms with van der Waals surface area (Å²) in [6, 6.07) is 11.0. The van der Waals surface area contributed by atoms with Crippen molar-refractivity contribution in [3.05, 3.63) is 54.4 Å². The number of hydrogen-bond donors (Lipinski definition) is 0. The Morgan fingerprint density at radius 2 is 2.17 bits per heavy atom. The molecule has 24 heavy (non-hydrogen) atoms. The molecule has 5 nitrogen and oxygen atoms in total. The molecule has 0 radical (unpaired) electrons. The smallest absolute Gasteiger partial charge is 0.257 e. The number of nitrogens with zero attached hydrogens (tertiary/aromatic N) is 2. The van der Waals surface area contributed by atoms with Gasteiger partial charge in [0, 0.05) is 25.9 Å². The highest BCUT2D eigenvalue weighted by Crippen LogP contribution is 2.27. The second-order valence-corrected chi connectivity index (χ2v) is 5.76. The lowest BCUT2D eigenvalue weighted by molar-refractivity contribution is 0.00716. The molecule has 1 unspecified atom stereocenters. The fourth-order valence-electron chi connectivity index (χ4n) is 2.93. The van der Waals surface area contributed by atoms with Crippen molar-refractivity contribution in [3.8, 4) is 11.5 Å². The molecule has 0 bridgehead atoms. The lowest BCUT2D eigenvalue weighted by Gasteiger charge is -2.32. The summed E-state index contributed by atoms with van der Waals surface area (Å²) in [5, 5.41) is 0. The van der Waals surface area contributed by atoms with E-state index in [1.54, 1.807) is 24.5 Å². The monoisotopic (exact) mass is 326 g/mol. The Kier molecular flexibility index (Phi) is 5.43. The molecule has 1 aliphatic rings. The number of piperidine rings is 1. The van der Waals surface area contributed by atoms with Gasteiger partial charge in [-0.15, -0.1) is 0 Å². The fourth-order valence-corrected chi connectivity index (χ4v) is 2.93. The van der Waals surface area contributed by atoms with Crippen molar-refractivity contribution < 1.29 is 14.3 Å². The normalized spacial score (nSPS) is 17.5. The molecule has 5 heteroatoms. The van der Waals surface area contributed by atoms with E-state index >= 15 is 0 Å². The highest BCUT2D eigenvalue weighted by atomic mass is 16.5. The molecule has 3 rings (SSSR count). The van der Waals surface area contributed by atoms with E-state index < -0.39 is 0 Å². The van der Waals surface area contributed by atoms with Gasteiger partial charge in [-0.2, -0.15) is 0 Å². The van der Waals surface area contributed by atoms with Crippen LogP contribution in [0.1, 0.15) is 30.1 Å². The third-order valence-corrected chi connectivity index (χ3v) is 4.05. The number of carbonyl (C=O) groups is 1. The fraction of sp³-hybridized carbons (Fsp3) is 0.368. The molecular formula is C19H22N2O3. The maximum Gasteiger partial charge on any atom is 0.257 e. The number of carbonyl (C=O) groups excluding carboxylic acids is 1. The van der Waals surface area contributed by atoms with Gasteiger partial charge in [0.1, 0.15) is 11.5 Å². The Labute approximate surface area is 142 Å². The van der Waals surface area contributed by atoms with Gasteiger partial charge in [0.05, 0.1) is 17.9 Å². The minimum atomic E-state index is -0.0149. The van der Waals surface area contributed by atoms with Crippen LogP contribution in [0.5, 0.6) is 11.5 Å². The average molecular weight is 326 g/mol. The number of ether oxygens (including phenoxy) is 2. The van der Waals surface area contributed by atoms with Crippen LogP contribution in [-0.4, -0.2) is 41.6 Å². The quantitative estimate of drug-likeness (QED) is 0.843. The Hall–Kier alpha value is -2.40. The van der Waals surface area contributed by atoms with Gasteiger partial charge in [0.15, 0.2) is 0 Å². The number of benzene rings is 1. The standard InChI is InChI=1S/C19H22N2O3/c1-2-23-16-8-6-12-21(14-16)19(22)17-9-3-4-10-18(17)24-15-7-5-11-20-13-15/h3-5,7,9-11,13,16H,2,6,8,12,14H2,1H3. The van der Waals surface area contributed by atoms with Crippen LogP contribution in [0.4, 0.5) is 0 Å². The number of aromatic nitrogens is 1. The van der Waals surface area contributed by atoms with Crippen molar-refractivity contribution >= 4 is 5.91 Å². The van der Waals surface area contributed by atoms with Gasteiger partial charge in [0.25, 0.3) is 5.91 Å². The van der Waals surface area contributed by atoms with Crippen LogP contribution in [0, 0.1) is 0 Å². The van der Waals surface area contributed by atoms with Crippen molar-refractivity contribution in [1.82, 2.24) is 9.88 Å². The second kappa shape index (κ2) is 7.93. The average Bonchev–Trinajstić information content (AvgIpc) is 2.63. The third kappa shape index (κ3) is 3.92. The Morgan fingerprint density at radius 3 is 2.96 bits per heavy atom. The summed E-state index contributed by atoms with van der Waals surface area (Å²) < 4.78 is 11.5. The number of rotatable bonds is 5. The Balaban J connectivity index is 1.77. The summed E-state index contributed by atoms with van der Waals surface area (Å²) >= 11 is 0. The molecule has 1 atom stereocenters. The molecule has 0 spiro atoms. The number of pyridine rings is 1.